The zero-order valence-electron chi connectivity index (χ0n) is 13.5. The SMILES string of the molecule is NC(=O)c1ccc(COC(=O)CNC(=O)c2ccccc2)c([N+](=O)[O-])c1. The van der Waals surface area contributed by atoms with Crippen molar-refractivity contribution in [2.75, 3.05) is 6.54 Å². The highest BCUT2D eigenvalue weighted by molar-refractivity contribution is 5.96. The van der Waals surface area contributed by atoms with E-state index < -0.39 is 22.7 Å². The number of nitrogens with zero attached hydrogens (tertiary/aromatic N) is 1. The monoisotopic (exact) mass is 357 g/mol. The van der Waals surface area contributed by atoms with Gasteiger partial charge in [-0.1, -0.05) is 18.2 Å². The molecule has 0 aliphatic carbocycles. The van der Waals surface area contributed by atoms with Crippen LogP contribution in [0, 0.1) is 10.1 Å². The third-order valence-electron chi connectivity index (χ3n) is 3.38. The number of carbonyl (C=O) groups excluding carboxylic acids is 3. The summed E-state index contributed by atoms with van der Waals surface area (Å²) in [4.78, 5) is 45.0. The van der Waals surface area contributed by atoms with Gasteiger partial charge in [-0.25, -0.2) is 0 Å². The fourth-order valence-corrected chi connectivity index (χ4v) is 2.06. The molecular formula is C17H15N3O6. The molecule has 2 aromatic rings. The zero-order valence-corrected chi connectivity index (χ0v) is 13.5. The Morgan fingerprint density at radius 1 is 1.08 bits per heavy atom. The van der Waals surface area contributed by atoms with E-state index in [1.54, 1.807) is 30.3 Å². The number of rotatable bonds is 7. The normalized spacial score (nSPS) is 10.0. The van der Waals surface area contributed by atoms with Gasteiger partial charge in [-0.2, -0.15) is 0 Å². The number of hydrogen-bond donors (Lipinski definition) is 2. The number of carbonyl (C=O) groups is 3. The number of primary amides is 1. The van der Waals surface area contributed by atoms with Crippen molar-refractivity contribution in [1.29, 1.82) is 0 Å². The van der Waals surface area contributed by atoms with Crippen LogP contribution in [-0.2, 0) is 16.1 Å². The maximum atomic E-state index is 11.8. The number of nitro benzene ring substituents is 1. The van der Waals surface area contributed by atoms with E-state index >= 15 is 0 Å². The highest BCUT2D eigenvalue weighted by Gasteiger charge is 2.18. The first-order valence-electron chi connectivity index (χ1n) is 7.44. The molecule has 2 amide bonds. The lowest BCUT2D eigenvalue weighted by atomic mass is 10.1. The molecule has 2 aromatic carbocycles. The molecule has 0 saturated carbocycles. The maximum Gasteiger partial charge on any atom is 0.325 e. The second-order valence-corrected chi connectivity index (χ2v) is 5.17. The van der Waals surface area contributed by atoms with Crippen molar-refractivity contribution < 1.29 is 24.0 Å². The highest BCUT2D eigenvalue weighted by Crippen LogP contribution is 2.21. The van der Waals surface area contributed by atoms with Crippen molar-refractivity contribution in [3.8, 4) is 0 Å². The van der Waals surface area contributed by atoms with Crippen LogP contribution in [-0.4, -0.2) is 29.3 Å². The van der Waals surface area contributed by atoms with Gasteiger partial charge in [0, 0.05) is 17.2 Å². The number of nitrogens with one attached hydrogen (secondary N) is 1. The molecule has 0 saturated heterocycles. The summed E-state index contributed by atoms with van der Waals surface area (Å²) in [5.41, 5.74) is 5.16. The van der Waals surface area contributed by atoms with Crippen molar-refractivity contribution in [3.05, 3.63) is 75.3 Å². The minimum Gasteiger partial charge on any atom is -0.459 e. The molecule has 0 fully saturated rings. The van der Waals surface area contributed by atoms with E-state index in [1.807, 2.05) is 0 Å². The van der Waals surface area contributed by atoms with E-state index in [0.717, 1.165) is 6.07 Å². The fourth-order valence-electron chi connectivity index (χ4n) is 2.06. The lowest BCUT2D eigenvalue weighted by Gasteiger charge is -2.08. The summed E-state index contributed by atoms with van der Waals surface area (Å²) < 4.78 is 4.93. The summed E-state index contributed by atoms with van der Waals surface area (Å²) in [7, 11) is 0. The lowest BCUT2D eigenvalue weighted by Crippen LogP contribution is -2.30. The quantitative estimate of drug-likeness (QED) is 0.433. The van der Waals surface area contributed by atoms with Gasteiger partial charge in [0.2, 0.25) is 5.91 Å². The molecule has 9 nitrogen and oxygen atoms in total. The molecule has 0 aromatic heterocycles. The predicted molar refractivity (Wildman–Crippen MR) is 90.2 cm³/mol. The first-order valence-corrected chi connectivity index (χ1v) is 7.44. The molecule has 0 unspecified atom stereocenters. The largest absolute Gasteiger partial charge is 0.459 e. The third kappa shape index (κ3) is 4.87. The number of nitrogens with two attached hydrogens (primary N) is 1. The van der Waals surface area contributed by atoms with Gasteiger partial charge >= 0.3 is 5.97 Å². The summed E-state index contributed by atoms with van der Waals surface area (Å²) in [6.45, 7) is -0.768. The molecule has 2 rings (SSSR count). The average Bonchev–Trinajstić information content (AvgIpc) is 2.64. The number of hydrogen-bond acceptors (Lipinski definition) is 6. The Kier molecular flexibility index (Phi) is 5.99. The van der Waals surface area contributed by atoms with Crippen molar-refractivity contribution >= 4 is 23.5 Å². The van der Waals surface area contributed by atoms with Crippen LogP contribution in [0.3, 0.4) is 0 Å². The minimum atomic E-state index is -0.805. The van der Waals surface area contributed by atoms with Crippen LogP contribution in [0.25, 0.3) is 0 Å². The molecule has 0 radical (unpaired) electrons. The number of nitro groups is 1. The van der Waals surface area contributed by atoms with E-state index in [2.05, 4.69) is 5.32 Å². The van der Waals surface area contributed by atoms with Crippen molar-refractivity contribution in [1.82, 2.24) is 5.32 Å². The second-order valence-electron chi connectivity index (χ2n) is 5.17. The van der Waals surface area contributed by atoms with Crippen molar-refractivity contribution in [3.63, 3.8) is 0 Å². The molecule has 0 bridgehead atoms. The summed E-state index contributed by atoms with van der Waals surface area (Å²) in [6, 6.07) is 11.9. The minimum absolute atomic E-state index is 0.0260. The molecule has 9 heteroatoms. The van der Waals surface area contributed by atoms with E-state index in [4.69, 9.17) is 10.5 Å². The molecule has 0 atom stereocenters. The molecular weight excluding hydrogens is 342 g/mol. The number of benzene rings is 2. The Hall–Kier alpha value is -3.75. The van der Waals surface area contributed by atoms with Crippen LogP contribution in [0.4, 0.5) is 5.69 Å². The Labute approximate surface area is 147 Å². The molecule has 3 N–H and O–H groups in total. The lowest BCUT2D eigenvalue weighted by molar-refractivity contribution is -0.385. The number of amides is 2. The van der Waals surface area contributed by atoms with Crippen molar-refractivity contribution in [2.24, 2.45) is 5.73 Å². The summed E-state index contributed by atoms with van der Waals surface area (Å²) in [5, 5.41) is 13.5. The van der Waals surface area contributed by atoms with Gasteiger partial charge in [0.1, 0.15) is 13.2 Å². The van der Waals surface area contributed by atoms with Crippen LogP contribution in [0.1, 0.15) is 26.3 Å². The molecule has 0 heterocycles. The van der Waals surface area contributed by atoms with Gasteiger partial charge < -0.3 is 15.8 Å². The van der Waals surface area contributed by atoms with E-state index in [-0.39, 0.29) is 30.0 Å². The summed E-state index contributed by atoms with van der Waals surface area (Å²) in [5.74, 6) is -2.01. The van der Waals surface area contributed by atoms with Gasteiger partial charge in [0.15, 0.2) is 0 Å². The summed E-state index contributed by atoms with van der Waals surface area (Å²) >= 11 is 0. The van der Waals surface area contributed by atoms with Gasteiger partial charge in [-0.05, 0) is 24.3 Å². The Balaban J connectivity index is 1.94. The van der Waals surface area contributed by atoms with Gasteiger partial charge in [0.05, 0.1) is 10.5 Å². The van der Waals surface area contributed by atoms with Crippen LogP contribution < -0.4 is 11.1 Å². The van der Waals surface area contributed by atoms with Crippen LogP contribution >= 0.6 is 0 Å². The average molecular weight is 357 g/mol. The van der Waals surface area contributed by atoms with Gasteiger partial charge in [-0.3, -0.25) is 24.5 Å². The summed E-state index contributed by atoms with van der Waals surface area (Å²) in [6.07, 6.45) is 0. The Morgan fingerprint density at radius 2 is 1.77 bits per heavy atom. The van der Waals surface area contributed by atoms with Crippen LogP contribution in [0.15, 0.2) is 48.5 Å². The molecule has 134 valence electrons. The smallest absolute Gasteiger partial charge is 0.325 e. The molecule has 0 spiro atoms. The van der Waals surface area contributed by atoms with Crippen LogP contribution in [0.2, 0.25) is 0 Å². The van der Waals surface area contributed by atoms with E-state index in [1.165, 1.54) is 12.1 Å². The number of esters is 1. The fraction of sp³-hybridized carbons (Fsp3) is 0.118. The van der Waals surface area contributed by atoms with E-state index in [9.17, 15) is 24.5 Å². The Bertz CT molecular complexity index is 851. The first kappa shape index (κ1) is 18.6. The third-order valence-corrected chi connectivity index (χ3v) is 3.38. The molecule has 0 aliphatic rings. The zero-order chi connectivity index (χ0) is 19.1. The predicted octanol–water partition coefficient (Wildman–Crippen LogP) is 1.17. The first-order chi connectivity index (χ1) is 12.4. The van der Waals surface area contributed by atoms with E-state index in [0.29, 0.717) is 5.56 Å². The second kappa shape index (κ2) is 8.38. The Morgan fingerprint density at radius 3 is 2.38 bits per heavy atom. The molecule has 26 heavy (non-hydrogen) atoms. The van der Waals surface area contributed by atoms with Gasteiger partial charge in [0.25, 0.3) is 11.6 Å². The van der Waals surface area contributed by atoms with Gasteiger partial charge in [-0.15, -0.1) is 0 Å². The number of ether oxygens (including phenoxy) is 1. The highest BCUT2D eigenvalue weighted by atomic mass is 16.6. The topological polar surface area (TPSA) is 142 Å². The standard InChI is InChI=1S/C17H15N3O6/c18-16(22)12-6-7-13(14(8-12)20(24)25)10-26-15(21)9-19-17(23)11-4-2-1-3-5-11/h1-8H,9-10H2,(H2,18,22)(H,19,23). The molecule has 0 aliphatic heterocycles. The van der Waals surface area contributed by atoms with Crippen LogP contribution in [0.5, 0.6) is 0 Å². The maximum absolute atomic E-state index is 11.8. The van der Waals surface area contributed by atoms with Crippen molar-refractivity contribution in [2.45, 2.75) is 6.61 Å².